The third kappa shape index (κ3) is 4.21. The summed E-state index contributed by atoms with van der Waals surface area (Å²) in [5, 5.41) is 7.93. The summed E-state index contributed by atoms with van der Waals surface area (Å²) in [7, 11) is 0. The normalized spacial score (nSPS) is 12.5. The molecular formula is C16H23N3. The van der Waals surface area contributed by atoms with Gasteiger partial charge in [0.05, 0.1) is 12.7 Å². The first kappa shape index (κ1) is 13.8. The van der Waals surface area contributed by atoms with Crippen LogP contribution in [0.15, 0.2) is 42.7 Å². The van der Waals surface area contributed by atoms with Crippen LogP contribution in [0.4, 0.5) is 0 Å². The molecule has 3 heteroatoms. The molecule has 0 aliphatic rings. The minimum atomic E-state index is 0.592. The lowest BCUT2D eigenvalue weighted by molar-refractivity contribution is 0.472. The van der Waals surface area contributed by atoms with Gasteiger partial charge in [-0.15, -0.1) is 0 Å². The number of nitrogens with zero attached hydrogens (tertiary/aromatic N) is 2. The summed E-state index contributed by atoms with van der Waals surface area (Å²) in [6.07, 6.45) is 6.51. The molecule has 1 aromatic carbocycles. The standard InChI is InChI=1S/C16H23N3/c1-3-7-14(2)17-10-11-19-13-16(12-18-19)15-8-5-4-6-9-15/h4-6,8-9,12-14,17H,3,7,10-11H2,1-2H3. The van der Waals surface area contributed by atoms with Crippen molar-refractivity contribution in [3.63, 3.8) is 0 Å². The smallest absolute Gasteiger partial charge is 0.0568 e. The van der Waals surface area contributed by atoms with Gasteiger partial charge in [-0.1, -0.05) is 43.7 Å². The second kappa shape index (κ2) is 7.10. The van der Waals surface area contributed by atoms with Crippen molar-refractivity contribution in [2.24, 2.45) is 0 Å². The molecular weight excluding hydrogens is 234 g/mol. The molecule has 0 fully saturated rings. The maximum Gasteiger partial charge on any atom is 0.0568 e. The van der Waals surface area contributed by atoms with Crippen LogP contribution < -0.4 is 5.32 Å². The van der Waals surface area contributed by atoms with Gasteiger partial charge >= 0.3 is 0 Å². The zero-order valence-electron chi connectivity index (χ0n) is 11.8. The molecule has 1 N–H and O–H groups in total. The number of hydrogen-bond donors (Lipinski definition) is 1. The number of benzene rings is 1. The van der Waals surface area contributed by atoms with E-state index in [0.717, 1.165) is 13.1 Å². The van der Waals surface area contributed by atoms with Crippen molar-refractivity contribution < 1.29 is 0 Å². The lowest BCUT2D eigenvalue weighted by Crippen LogP contribution is -2.29. The van der Waals surface area contributed by atoms with Crippen LogP contribution in [0.1, 0.15) is 26.7 Å². The van der Waals surface area contributed by atoms with E-state index in [1.54, 1.807) is 0 Å². The number of nitrogens with one attached hydrogen (secondary N) is 1. The summed E-state index contributed by atoms with van der Waals surface area (Å²) in [6.45, 7) is 6.35. The Morgan fingerprint density at radius 1 is 1.21 bits per heavy atom. The van der Waals surface area contributed by atoms with Crippen molar-refractivity contribution in [1.29, 1.82) is 0 Å². The Hall–Kier alpha value is -1.61. The van der Waals surface area contributed by atoms with E-state index in [2.05, 4.69) is 54.7 Å². The summed E-state index contributed by atoms with van der Waals surface area (Å²) < 4.78 is 2.01. The zero-order valence-corrected chi connectivity index (χ0v) is 11.8. The van der Waals surface area contributed by atoms with Crippen molar-refractivity contribution in [1.82, 2.24) is 15.1 Å². The Balaban J connectivity index is 1.85. The Morgan fingerprint density at radius 3 is 2.74 bits per heavy atom. The molecule has 102 valence electrons. The van der Waals surface area contributed by atoms with Crippen LogP contribution in [0.3, 0.4) is 0 Å². The molecule has 1 aromatic heterocycles. The lowest BCUT2D eigenvalue weighted by Gasteiger charge is -2.12. The minimum Gasteiger partial charge on any atom is -0.312 e. The SMILES string of the molecule is CCCC(C)NCCn1cc(-c2ccccc2)cn1. The van der Waals surface area contributed by atoms with Gasteiger partial charge in [0.1, 0.15) is 0 Å². The molecule has 2 rings (SSSR count). The maximum atomic E-state index is 4.41. The second-order valence-corrected chi connectivity index (χ2v) is 5.00. The van der Waals surface area contributed by atoms with Gasteiger partial charge < -0.3 is 5.32 Å². The van der Waals surface area contributed by atoms with Gasteiger partial charge in [0.15, 0.2) is 0 Å². The van der Waals surface area contributed by atoms with E-state index < -0.39 is 0 Å². The zero-order chi connectivity index (χ0) is 13.5. The Bertz CT molecular complexity index is 476. The van der Waals surface area contributed by atoms with Gasteiger partial charge in [-0.3, -0.25) is 4.68 Å². The van der Waals surface area contributed by atoms with Crippen LogP contribution in [0.25, 0.3) is 11.1 Å². The van der Waals surface area contributed by atoms with E-state index in [1.165, 1.54) is 24.0 Å². The Morgan fingerprint density at radius 2 is 2.00 bits per heavy atom. The van der Waals surface area contributed by atoms with E-state index >= 15 is 0 Å². The molecule has 0 aliphatic heterocycles. The van der Waals surface area contributed by atoms with Crippen LogP contribution >= 0.6 is 0 Å². The van der Waals surface area contributed by atoms with E-state index in [-0.39, 0.29) is 0 Å². The van der Waals surface area contributed by atoms with Crippen molar-refractivity contribution in [2.75, 3.05) is 6.54 Å². The largest absolute Gasteiger partial charge is 0.312 e. The fourth-order valence-corrected chi connectivity index (χ4v) is 2.23. The molecule has 0 radical (unpaired) electrons. The van der Waals surface area contributed by atoms with E-state index in [1.807, 2.05) is 16.9 Å². The monoisotopic (exact) mass is 257 g/mol. The van der Waals surface area contributed by atoms with Crippen molar-refractivity contribution in [3.05, 3.63) is 42.7 Å². The molecule has 2 aromatic rings. The molecule has 3 nitrogen and oxygen atoms in total. The van der Waals surface area contributed by atoms with Gasteiger partial charge in [-0.25, -0.2) is 0 Å². The maximum absolute atomic E-state index is 4.41. The summed E-state index contributed by atoms with van der Waals surface area (Å²) in [6, 6.07) is 11.0. The average Bonchev–Trinajstić information content (AvgIpc) is 2.89. The average molecular weight is 257 g/mol. The van der Waals surface area contributed by atoms with Gasteiger partial charge in [-0.05, 0) is 18.9 Å². The molecule has 0 spiro atoms. The molecule has 0 saturated heterocycles. The fourth-order valence-electron chi connectivity index (χ4n) is 2.23. The Kier molecular flexibility index (Phi) is 5.16. The molecule has 1 atom stereocenters. The molecule has 0 aliphatic carbocycles. The highest BCUT2D eigenvalue weighted by molar-refractivity contribution is 5.61. The second-order valence-electron chi connectivity index (χ2n) is 5.00. The van der Waals surface area contributed by atoms with Crippen LogP contribution in [0.2, 0.25) is 0 Å². The van der Waals surface area contributed by atoms with Crippen LogP contribution in [-0.2, 0) is 6.54 Å². The lowest BCUT2D eigenvalue weighted by atomic mass is 10.1. The van der Waals surface area contributed by atoms with Crippen LogP contribution in [0.5, 0.6) is 0 Å². The third-order valence-electron chi connectivity index (χ3n) is 3.30. The third-order valence-corrected chi connectivity index (χ3v) is 3.30. The predicted molar refractivity (Wildman–Crippen MR) is 80.0 cm³/mol. The van der Waals surface area contributed by atoms with Gasteiger partial charge in [-0.2, -0.15) is 5.10 Å². The molecule has 0 amide bonds. The summed E-state index contributed by atoms with van der Waals surface area (Å²) in [5.41, 5.74) is 2.41. The molecule has 1 heterocycles. The Labute approximate surface area is 115 Å². The van der Waals surface area contributed by atoms with Crippen molar-refractivity contribution in [3.8, 4) is 11.1 Å². The van der Waals surface area contributed by atoms with Crippen LogP contribution in [0, 0.1) is 0 Å². The first-order chi connectivity index (χ1) is 9.29. The minimum absolute atomic E-state index is 0.592. The highest BCUT2D eigenvalue weighted by Gasteiger charge is 2.02. The van der Waals surface area contributed by atoms with Gasteiger partial charge in [0.25, 0.3) is 0 Å². The summed E-state index contributed by atoms with van der Waals surface area (Å²) >= 11 is 0. The number of aromatic nitrogens is 2. The highest BCUT2D eigenvalue weighted by Crippen LogP contribution is 2.17. The van der Waals surface area contributed by atoms with E-state index in [0.29, 0.717) is 6.04 Å². The molecule has 0 bridgehead atoms. The van der Waals surface area contributed by atoms with Crippen LogP contribution in [-0.4, -0.2) is 22.4 Å². The number of rotatable bonds is 7. The van der Waals surface area contributed by atoms with E-state index in [9.17, 15) is 0 Å². The van der Waals surface area contributed by atoms with Crippen molar-refractivity contribution >= 4 is 0 Å². The van der Waals surface area contributed by atoms with Gasteiger partial charge in [0.2, 0.25) is 0 Å². The first-order valence-corrected chi connectivity index (χ1v) is 7.11. The summed E-state index contributed by atoms with van der Waals surface area (Å²) in [4.78, 5) is 0. The first-order valence-electron chi connectivity index (χ1n) is 7.11. The summed E-state index contributed by atoms with van der Waals surface area (Å²) in [5.74, 6) is 0. The van der Waals surface area contributed by atoms with Gasteiger partial charge in [0, 0.05) is 24.3 Å². The fraction of sp³-hybridized carbons (Fsp3) is 0.438. The van der Waals surface area contributed by atoms with E-state index in [4.69, 9.17) is 0 Å². The predicted octanol–water partition coefficient (Wildman–Crippen LogP) is 3.33. The quantitative estimate of drug-likeness (QED) is 0.824. The highest BCUT2D eigenvalue weighted by atomic mass is 15.3. The number of hydrogen-bond acceptors (Lipinski definition) is 2. The molecule has 19 heavy (non-hydrogen) atoms. The topological polar surface area (TPSA) is 29.9 Å². The molecule has 0 saturated carbocycles. The molecule has 1 unspecified atom stereocenters. The van der Waals surface area contributed by atoms with Crippen molar-refractivity contribution in [2.45, 2.75) is 39.3 Å².